The lowest BCUT2D eigenvalue weighted by atomic mass is 9.87. The molecule has 3 rings (SSSR count). The number of halogens is 1. The maximum absolute atomic E-state index is 13.1. The molecule has 3 aromatic carbocycles. The Morgan fingerprint density at radius 2 is 1.46 bits per heavy atom. The summed E-state index contributed by atoms with van der Waals surface area (Å²) in [6, 6.07) is 19.9. The van der Waals surface area contributed by atoms with Gasteiger partial charge in [-0.2, -0.15) is 0 Å². The molecule has 0 atom stereocenters. The number of hydrogen-bond donors (Lipinski definition) is 3. The third-order valence-electron chi connectivity index (χ3n) is 5.13. The van der Waals surface area contributed by atoms with Crippen molar-refractivity contribution in [2.75, 3.05) is 5.32 Å². The number of hydrogen-bond acceptors (Lipinski definition) is 4. The van der Waals surface area contributed by atoms with Gasteiger partial charge in [-0.15, -0.1) is 0 Å². The molecule has 0 unspecified atom stereocenters. The molecule has 3 aromatic rings. The second kappa shape index (κ2) is 10.6. The number of rotatable bonds is 6. The lowest BCUT2D eigenvalue weighted by Gasteiger charge is -2.19. The predicted octanol–water partition coefficient (Wildman–Crippen LogP) is 4.80. The number of anilines is 1. The molecule has 2 amide bonds. The maximum atomic E-state index is 13.1. The van der Waals surface area contributed by atoms with Crippen LogP contribution in [0.5, 0.6) is 0 Å². The normalized spacial score (nSPS) is 12.2. The second-order valence-electron chi connectivity index (χ2n) is 8.91. The zero-order chi connectivity index (χ0) is 25.8. The van der Waals surface area contributed by atoms with Gasteiger partial charge in [0.15, 0.2) is 0 Å². The van der Waals surface area contributed by atoms with Gasteiger partial charge in [0.1, 0.15) is 5.70 Å². The standard InChI is InChI=1S/C26H26BrN3O4S/c1-26(2,3)19-8-6-18(7-9-19)24(31)30-23(16-17-4-10-20(27)11-5-17)25(32)29-21-12-14-22(15-13-21)35(28,33)34/h4-16H,1-3H3,(H,29,32)(H,30,31)(H2,28,33,34)/b23-16+. The average Bonchev–Trinajstić information content (AvgIpc) is 2.79. The quantitative estimate of drug-likeness (QED) is 0.378. The average molecular weight is 556 g/mol. The molecular weight excluding hydrogens is 530 g/mol. The third-order valence-corrected chi connectivity index (χ3v) is 6.59. The molecule has 0 heterocycles. The molecule has 0 fully saturated rings. The number of carbonyl (C=O) groups excluding carboxylic acids is 2. The van der Waals surface area contributed by atoms with Crippen LogP contribution < -0.4 is 15.8 Å². The monoisotopic (exact) mass is 555 g/mol. The van der Waals surface area contributed by atoms with Crippen molar-refractivity contribution in [1.29, 1.82) is 0 Å². The van der Waals surface area contributed by atoms with Crippen molar-refractivity contribution in [3.05, 3.63) is 99.7 Å². The molecule has 0 saturated carbocycles. The summed E-state index contributed by atoms with van der Waals surface area (Å²) in [4.78, 5) is 25.9. The Morgan fingerprint density at radius 3 is 1.97 bits per heavy atom. The largest absolute Gasteiger partial charge is 0.321 e. The zero-order valence-electron chi connectivity index (χ0n) is 19.5. The first kappa shape index (κ1) is 26.3. The van der Waals surface area contributed by atoms with E-state index in [0.717, 1.165) is 10.0 Å². The molecule has 0 aliphatic carbocycles. The summed E-state index contributed by atoms with van der Waals surface area (Å²) in [5, 5.41) is 10.5. The first-order valence-corrected chi connectivity index (χ1v) is 13.0. The van der Waals surface area contributed by atoms with Crippen molar-refractivity contribution >= 4 is 49.5 Å². The van der Waals surface area contributed by atoms with Crippen LogP contribution in [-0.4, -0.2) is 20.2 Å². The molecule has 182 valence electrons. The number of nitrogens with two attached hydrogens (primary N) is 1. The lowest BCUT2D eigenvalue weighted by Crippen LogP contribution is -2.30. The first-order valence-electron chi connectivity index (χ1n) is 10.7. The summed E-state index contributed by atoms with van der Waals surface area (Å²) in [5.74, 6) is -1.01. The van der Waals surface area contributed by atoms with Crippen LogP contribution in [0.15, 0.2) is 87.9 Å². The molecule has 0 bridgehead atoms. The summed E-state index contributed by atoms with van der Waals surface area (Å²) in [5.41, 5.74) is 2.50. The topological polar surface area (TPSA) is 118 Å². The Kier molecular flexibility index (Phi) is 7.94. The number of nitrogens with one attached hydrogen (secondary N) is 2. The maximum Gasteiger partial charge on any atom is 0.272 e. The van der Waals surface area contributed by atoms with Crippen LogP contribution in [0, 0.1) is 0 Å². The summed E-state index contributed by atoms with van der Waals surface area (Å²) in [6.07, 6.45) is 1.56. The minimum atomic E-state index is -3.85. The van der Waals surface area contributed by atoms with E-state index in [2.05, 4.69) is 47.3 Å². The number of primary sulfonamides is 1. The molecule has 4 N–H and O–H groups in total. The molecule has 0 aliphatic rings. The van der Waals surface area contributed by atoms with E-state index in [1.54, 1.807) is 30.3 Å². The molecule has 0 spiro atoms. The number of amides is 2. The molecule has 7 nitrogen and oxygen atoms in total. The van der Waals surface area contributed by atoms with Gasteiger partial charge in [0, 0.05) is 15.7 Å². The van der Waals surface area contributed by atoms with Crippen molar-refractivity contribution < 1.29 is 18.0 Å². The Morgan fingerprint density at radius 1 is 0.886 bits per heavy atom. The fraction of sp³-hybridized carbons (Fsp3) is 0.154. The summed E-state index contributed by atoms with van der Waals surface area (Å²) in [6.45, 7) is 6.25. The van der Waals surface area contributed by atoms with E-state index in [-0.39, 0.29) is 16.0 Å². The number of benzene rings is 3. The van der Waals surface area contributed by atoms with Crippen LogP contribution in [0.2, 0.25) is 0 Å². The smallest absolute Gasteiger partial charge is 0.272 e. The van der Waals surface area contributed by atoms with E-state index in [1.165, 1.54) is 24.3 Å². The molecule has 0 saturated heterocycles. The van der Waals surface area contributed by atoms with Crippen molar-refractivity contribution in [1.82, 2.24) is 5.32 Å². The van der Waals surface area contributed by atoms with Crippen LogP contribution in [0.3, 0.4) is 0 Å². The minimum Gasteiger partial charge on any atom is -0.321 e. The van der Waals surface area contributed by atoms with Crippen LogP contribution in [0.4, 0.5) is 5.69 Å². The van der Waals surface area contributed by atoms with Crippen molar-refractivity contribution in [3.63, 3.8) is 0 Å². The van der Waals surface area contributed by atoms with Gasteiger partial charge >= 0.3 is 0 Å². The van der Waals surface area contributed by atoms with Crippen molar-refractivity contribution in [3.8, 4) is 0 Å². The fourth-order valence-corrected chi connectivity index (χ4v) is 3.91. The Hall–Kier alpha value is -3.27. The molecule has 0 radical (unpaired) electrons. The van der Waals surface area contributed by atoms with Gasteiger partial charge in [0.05, 0.1) is 4.90 Å². The van der Waals surface area contributed by atoms with Crippen LogP contribution >= 0.6 is 15.9 Å². The first-order chi connectivity index (χ1) is 16.3. The van der Waals surface area contributed by atoms with Crippen molar-refractivity contribution in [2.45, 2.75) is 31.1 Å². The van der Waals surface area contributed by atoms with E-state index in [4.69, 9.17) is 5.14 Å². The van der Waals surface area contributed by atoms with Gasteiger partial charge in [-0.05, 0) is 71.1 Å². The van der Waals surface area contributed by atoms with Gasteiger partial charge < -0.3 is 10.6 Å². The van der Waals surface area contributed by atoms with Gasteiger partial charge in [-0.25, -0.2) is 13.6 Å². The lowest BCUT2D eigenvalue weighted by molar-refractivity contribution is -0.113. The van der Waals surface area contributed by atoms with E-state index in [0.29, 0.717) is 16.8 Å². The Bertz CT molecular complexity index is 1360. The van der Waals surface area contributed by atoms with Gasteiger partial charge in [0.25, 0.3) is 11.8 Å². The number of carbonyl (C=O) groups is 2. The highest BCUT2D eigenvalue weighted by atomic mass is 79.9. The summed E-state index contributed by atoms with van der Waals surface area (Å²) in [7, 11) is -3.85. The van der Waals surface area contributed by atoms with Gasteiger partial charge in [-0.3, -0.25) is 9.59 Å². The fourth-order valence-electron chi connectivity index (χ4n) is 3.13. The van der Waals surface area contributed by atoms with Crippen LogP contribution in [0.25, 0.3) is 6.08 Å². The van der Waals surface area contributed by atoms with E-state index >= 15 is 0 Å². The molecule has 35 heavy (non-hydrogen) atoms. The highest BCUT2D eigenvalue weighted by molar-refractivity contribution is 9.10. The second-order valence-corrected chi connectivity index (χ2v) is 11.4. The molecular formula is C26H26BrN3O4S. The van der Waals surface area contributed by atoms with E-state index in [1.807, 2.05) is 24.3 Å². The zero-order valence-corrected chi connectivity index (χ0v) is 21.9. The van der Waals surface area contributed by atoms with E-state index in [9.17, 15) is 18.0 Å². The minimum absolute atomic E-state index is 0.0211. The SMILES string of the molecule is CC(C)(C)c1ccc(C(=O)N/C(=C/c2ccc(Br)cc2)C(=O)Nc2ccc(S(N)(=O)=O)cc2)cc1. The highest BCUT2D eigenvalue weighted by Gasteiger charge is 2.18. The van der Waals surface area contributed by atoms with Gasteiger partial charge in [0.2, 0.25) is 10.0 Å². The van der Waals surface area contributed by atoms with Gasteiger partial charge in [-0.1, -0.05) is 61.0 Å². The summed E-state index contributed by atoms with van der Waals surface area (Å²) < 4.78 is 23.8. The Labute approximate surface area is 213 Å². The van der Waals surface area contributed by atoms with Crippen molar-refractivity contribution in [2.24, 2.45) is 5.14 Å². The third kappa shape index (κ3) is 7.35. The predicted molar refractivity (Wildman–Crippen MR) is 141 cm³/mol. The van der Waals surface area contributed by atoms with Crippen LogP contribution in [0.1, 0.15) is 42.3 Å². The Balaban J connectivity index is 1.87. The summed E-state index contributed by atoms with van der Waals surface area (Å²) >= 11 is 3.37. The molecule has 0 aromatic heterocycles. The van der Waals surface area contributed by atoms with Crippen LogP contribution in [-0.2, 0) is 20.2 Å². The molecule has 0 aliphatic heterocycles. The number of sulfonamides is 1. The van der Waals surface area contributed by atoms with E-state index < -0.39 is 21.8 Å². The highest BCUT2D eigenvalue weighted by Crippen LogP contribution is 2.22. The molecule has 9 heteroatoms.